The summed E-state index contributed by atoms with van der Waals surface area (Å²) in [5, 5.41) is 7.93. The highest BCUT2D eigenvalue weighted by Gasteiger charge is 2.31. The molecule has 0 bridgehead atoms. The minimum Gasteiger partial charge on any atom is -0.381 e. The van der Waals surface area contributed by atoms with Crippen molar-refractivity contribution >= 4 is 53.1 Å². The Bertz CT molecular complexity index is 646. The molecular formula is C18H30Cl2IN5O2. The van der Waals surface area contributed by atoms with Gasteiger partial charge in [-0.25, -0.2) is 0 Å². The number of aliphatic imine (C=N–C) groups is 1. The molecule has 2 aliphatic heterocycles. The first-order valence-corrected chi connectivity index (χ1v) is 10.2. The Kier molecular flexibility index (Phi) is 10.1. The van der Waals surface area contributed by atoms with Gasteiger partial charge in [0.2, 0.25) is 0 Å². The van der Waals surface area contributed by atoms with Crippen molar-refractivity contribution in [3.05, 3.63) is 21.9 Å². The molecule has 0 radical (unpaired) electrons. The van der Waals surface area contributed by atoms with Crippen molar-refractivity contribution < 1.29 is 9.47 Å². The topological polar surface area (TPSA) is 63.0 Å². The van der Waals surface area contributed by atoms with E-state index >= 15 is 0 Å². The molecule has 2 atom stereocenters. The van der Waals surface area contributed by atoms with Gasteiger partial charge in [-0.15, -0.1) is 24.0 Å². The molecule has 28 heavy (non-hydrogen) atoms. The van der Waals surface area contributed by atoms with E-state index in [-0.39, 0.29) is 24.0 Å². The second-order valence-corrected chi connectivity index (χ2v) is 7.74. The van der Waals surface area contributed by atoms with Crippen LogP contribution in [0.3, 0.4) is 0 Å². The number of hydrogen-bond donors (Lipinski definition) is 2. The number of rotatable bonds is 6. The van der Waals surface area contributed by atoms with Gasteiger partial charge in [-0.3, -0.25) is 9.89 Å². The van der Waals surface area contributed by atoms with Gasteiger partial charge in [0.15, 0.2) is 5.96 Å². The summed E-state index contributed by atoms with van der Waals surface area (Å²) in [5.74, 6) is 1.31. The summed E-state index contributed by atoms with van der Waals surface area (Å²) in [7, 11) is 3.68. The Balaban J connectivity index is 0.00000280. The molecule has 2 N–H and O–H groups in total. The van der Waals surface area contributed by atoms with Crippen molar-refractivity contribution in [2.75, 3.05) is 53.1 Å². The van der Waals surface area contributed by atoms with Gasteiger partial charge in [-0.2, -0.15) is 0 Å². The second-order valence-electron chi connectivity index (χ2n) is 6.98. The van der Waals surface area contributed by atoms with Crippen LogP contribution in [0.4, 0.5) is 0 Å². The molecule has 1 aromatic rings. The number of halogens is 3. The average Bonchev–Trinajstić information content (AvgIpc) is 3.30. The summed E-state index contributed by atoms with van der Waals surface area (Å²) < 4.78 is 13.0. The van der Waals surface area contributed by atoms with E-state index in [0.29, 0.717) is 28.7 Å². The predicted molar refractivity (Wildman–Crippen MR) is 124 cm³/mol. The van der Waals surface area contributed by atoms with Gasteiger partial charge < -0.3 is 24.7 Å². The lowest BCUT2D eigenvalue weighted by Gasteiger charge is -2.37. The number of nitrogens with zero attached hydrogens (tertiary/aromatic N) is 3. The van der Waals surface area contributed by atoms with Crippen LogP contribution in [0.25, 0.3) is 0 Å². The smallest absolute Gasteiger partial charge is 0.191 e. The maximum atomic E-state index is 6.14. The molecule has 10 heteroatoms. The van der Waals surface area contributed by atoms with Crippen molar-refractivity contribution in [2.24, 2.45) is 18.0 Å². The molecule has 2 unspecified atom stereocenters. The van der Waals surface area contributed by atoms with E-state index in [1.165, 1.54) is 0 Å². The largest absolute Gasteiger partial charge is 0.381 e. The Morgan fingerprint density at radius 3 is 2.57 bits per heavy atom. The average molecular weight is 546 g/mol. The molecule has 3 rings (SSSR count). The Morgan fingerprint density at radius 2 is 2.00 bits per heavy atom. The lowest BCUT2D eigenvalue weighted by Crippen LogP contribution is -2.53. The monoisotopic (exact) mass is 545 g/mol. The molecule has 0 amide bonds. The number of morpholine rings is 1. The summed E-state index contributed by atoms with van der Waals surface area (Å²) in [4.78, 5) is 6.86. The molecule has 7 nitrogen and oxygen atoms in total. The number of nitrogens with one attached hydrogen (secondary N) is 2. The Morgan fingerprint density at radius 1 is 1.25 bits per heavy atom. The van der Waals surface area contributed by atoms with Crippen LogP contribution in [0.15, 0.2) is 11.1 Å². The minimum absolute atomic E-state index is 0. The molecule has 0 aliphatic carbocycles. The number of aromatic nitrogens is 1. The summed E-state index contributed by atoms with van der Waals surface area (Å²) in [6, 6.07) is 2.28. The summed E-state index contributed by atoms with van der Waals surface area (Å²) in [6.45, 7) is 6.63. The van der Waals surface area contributed by atoms with Gasteiger partial charge in [0.25, 0.3) is 0 Å². The van der Waals surface area contributed by atoms with Gasteiger partial charge in [0.1, 0.15) is 5.15 Å². The highest BCUT2D eigenvalue weighted by Crippen LogP contribution is 2.25. The highest BCUT2D eigenvalue weighted by molar-refractivity contribution is 14.0. The van der Waals surface area contributed by atoms with Crippen LogP contribution in [-0.4, -0.2) is 74.6 Å². The zero-order chi connectivity index (χ0) is 19.2. The molecule has 3 heterocycles. The molecule has 0 saturated carbocycles. The van der Waals surface area contributed by atoms with E-state index in [9.17, 15) is 0 Å². The highest BCUT2D eigenvalue weighted by atomic mass is 127. The first-order valence-electron chi connectivity index (χ1n) is 9.43. The molecule has 1 aromatic heterocycles. The van der Waals surface area contributed by atoms with E-state index in [2.05, 4.69) is 20.5 Å². The SMILES string of the molecule is CN=C(NCc1cc(Cl)c(Cl)n1C)NCC(C1CCOC1)N1CCOCC1.I. The van der Waals surface area contributed by atoms with Crippen molar-refractivity contribution in [1.82, 2.24) is 20.1 Å². The molecule has 2 aliphatic rings. The fourth-order valence-corrected chi connectivity index (χ4v) is 4.13. The minimum atomic E-state index is 0. The first kappa shape index (κ1) is 24.0. The lowest BCUT2D eigenvalue weighted by molar-refractivity contribution is 0.00246. The van der Waals surface area contributed by atoms with Crippen molar-refractivity contribution in [2.45, 2.75) is 19.0 Å². The fraction of sp³-hybridized carbons (Fsp3) is 0.722. The molecule has 2 saturated heterocycles. The van der Waals surface area contributed by atoms with Crippen LogP contribution >= 0.6 is 47.2 Å². The van der Waals surface area contributed by atoms with Crippen LogP contribution in [0.2, 0.25) is 10.2 Å². The van der Waals surface area contributed by atoms with Crippen LogP contribution in [0.5, 0.6) is 0 Å². The third kappa shape index (κ3) is 6.12. The maximum absolute atomic E-state index is 6.14. The first-order chi connectivity index (χ1) is 13.1. The van der Waals surface area contributed by atoms with E-state index < -0.39 is 0 Å². The zero-order valence-corrected chi connectivity index (χ0v) is 20.3. The number of guanidine groups is 1. The Labute approximate surface area is 194 Å². The van der Waals surface area contributed by atoms with E-state index in [0.717, 1.165) is 64.1 Å². The summed E-state index contributed by atoms with van der Waals surface area (Å²) in [6.07, 6.45) is 1.11. The fourth-order valence-electron chi connectivity index (χ4n) is 3.71. The predicted octanol–water partition coefficient (Wildman–Crippen LogP) is 2.35. The zero-order valence-electron chi connectivity index (χ0n) is 16.4. The summed E-state index contributed by atoms with van der Waals surface area (Å²) >= 11 is 12.2. The molecule has 160 valence electrons. The van der Waals surface area contributed by atoms with Crippen molar-refractivity contribution in [3.8, 4) is 0 Å². The Hall–Kier alpha value is -0.260. The van der Waals surface area contributed by atoms with Crippen LogP contribution in [0.1, 0.15) is 12.1 Å². The van der Waals surface area contributed by atoms with E-state index in [1.807, 2.05) is 17.7 Å². The normalized spacial score (nSPS) is 22.0. The van der Waals surface area contributed by atoms with Gasteiger partial charge in [0, 0.05) is 58.0 Å². The molecule has 0 aromatic carbocycles. The van der Waals surface area contributed by atoms with Crippen LogP contribution < -0.4 is 10.6 Å². The van der Waals surface area contributed by atoms with Crippen molar-refractivity contribution in [3.63, 3.8) is 0 Å². The quantitative estimate of drug-likeness (QED) is 0.326. The second kappa shape index (κ2) is 11.8. The van der Waals surface area contributed by atoms with Crippen LogP contribution in [0, 0.1) is 5.92 Å². The molecule has 2 fully saturated rings. The van der Waals surface area contributed by atoms with E-state index in [4.69, 9.17) is 32.7 Å². The van der Waals surface area contributed by atoms with Crippen molar-refractivity contribution in [1.29, 1.82) is 0 Å². The van der Waals surface area contributed by atoms with Gasteiger partial charge in [-0.1, -0.05) is 23.2 Å². The molecular weight excluding hydrogens is 516 g/mol. The number of hydrogen-bond acceptors (Lipinski definition) is 4. The third-order valence-electron chi connectivity index (χ3n) is 5.38. The van der Waals surface area contributed by atoms with Gasteiger partial charge in [-0.05, 0) is 12.5 Å². The number of ether oxygens (including phenoxy) is 2. The summed E-state index contributed by atoms with van der Waals surface area (Å²) in [5.41, 5.74) is 1.00. The third-order valence-corrected chi connectivity index (χ3v) is 6.22. The molecule has 0 spiro atoms. The van der Waals surface area contributed by atoms with Gasteiger partial charge in [0.05, 0.1) is 31.4 Å². The van der Waals surface area contributed by atoms with E-state index in [1.54, 1.807) is 7.05 Å². The maximum Gasteiger partial charge on any atom is 0.191 e. The van der Waals surface area contributed by atoms with Gasteiger partial charge >= 0.3 is 0 Å². The van der Waals surface area contributed by atoms with Crippen LogP contribution in [-0.2, 0) is 23.1 Å². The standard InChI is InChI=1S/C18H29Cl2N5O2.HI/c1-21-18(22-10-14-9-15(19)17(20)24(14)2)23-11-16(13-3-6-27-12-13)25-4-7-26-8-5-25;/h9,13,16H,3-8,10-12H2,1-2H3,(H2,21,22,23);1H. The lowest BCUT2D eigenvalue weighted by atomic mass is 9.97.